The van der Waals surface area contributed by atoms with Gasteiger partial charge in [-0.25, -0.2) is 27.6 Å². The molecule has 0 amide bonds. The second-order valence-electron chi connectivity index (χ2n) is 6.12. The van der Waals surface area contributed by atoms with Gasteiger partial charge < -0.3 is 10.1 Å². The van der Waals surface area contributed by atoms with Crippen LogP contribution in [0.3, 0.4) is 0 Å². The van der Waals surface area contributed by atoms with Gasteiger partial charge in [-0.1, -0.05) is 11.6 Å². The number of benzene rings is 1. The van der Waals surface area contributed by atoms with Crippen molar-refractivity contribution in [1.82, 2.24) is 15.0 Å². The van der Waals surface area contributed by atoms with Crippen LogP contribution in [0.15, 0.2) is 47.9 Å². The normalized spacial score (nSPS) is 11.2. The number of anilines is 2. The van der Waals surface area contributed by atoms with Crippen molar-refractivity contribution in [2.24, 2.45) is 0 Å². The van der Waals surface area contributed by atoms with E-state index >= 15 is 0 Å². The molecule has 30 heavy (non-hydrogen) atoms. The molecule has 0 saturated carbocycles. The molecule has 0 unspecified atom stereocenters. The second-order valence-corrected chi connectivity index (χ2v) is 8.46. The third-order valence-corrected chi connectivity index (χ3v) is 5.14. The lowest BCUT2D eigenvalue weighted by atomic mass is 10.1. The van der Waals surface area contributed by atoms with Crippen molar-refractivity contribution in [3.8, 4) is 11.1 Å². The maximum atomic E-state index is 13.3. The van der Waals surface area contributed by atoms with E-state index in [0.717, 1.165) is 12.3 Å². The van der Waals surface area contributed by atoms with Crippen molar-refractivity contribution in [3.63, 3.8) is 0 Å². The summed E-state index contributed by atoms with van der Waals surface area (Å²) in [6.07, 6.45) is 5.00. The highest BCUT2D eigenvalue weighted by Gasteiger charge is 2.20. The first-order chi connectivity index (χ1) is 14.2. The molecule has 3 rings (SSSR count). The zero-order valence-electron chi connectivity index (χ0n) is 15.9. The van der Waals surface area contributed by atoms with Gasteiger partial charge in [-0.3, -0.25) is 4.98 Å². The Bertz CT molecular complexity index is 1220. The van der Waals surface area contributed by atoms with Crippen LogP contribution in [-0.2, 0) is 14.6 Å². The molecule has 156 valence electrons. The summed E-state index contributed by atoms with van der Waals surface area (Å²) in [5.41, 5.74) is 1.03. The maximum absolute atomic E-state index is 13.3. The minimum absolute atomic E-state index is 0.0312. The fourth-order valence-electron chi connectivity index (χ4n) is 2.52. The number of halogens is 2. The maximum Gasteiger partial charge on any atom is 0.339 e. The molecule has 2 aromatic heterocycles. The summed E-state index contributed by atoms with van der Waals surface area (Å²) < 4.78 is 43.0. The topological polar surface area (TPSA) is 111 Å². The smallest absolute Gasteiger partial charge is 0.339 e. The molecule has 8 nitrogen and oxygen atoms in total. The Morgan fingerprint density at radius 3 is 2.67 bits per heavy atom. The number of hydrogen-bond acceptors (Lipinski definition) is 8. The van der Waals surface area contributed by atoms with E-state index in [4.69, 9.17) is 16.3 Å². The molecular weight excluding hydrogens is 435 g/mol. The fourth-order valence-corrected chi connectivity index (χ4v) is 3.53. The molecule has 0 radical (unpaired) electrons. The first kappa shape index (κ1) is 21.6. The van der Waals surface area contributed by atoms with E-state index in [1.807, 2.05) is 0 Å². The molecule has 0 saturated heterocycles. The van der Waals surface area contributed by atoms with Crippen LogP contribution in [-0.4, -0.2) is 42.2 Å². The lowest BCUT2D eigenvalue weighted by molar-refractivity contribution is 0.0526. The van der Waals surface area contributed by atoms with Crippen LogP contribution in [0.4, 0.5) is 16.0 Å². The van der Waals surface area contributed by atoms with Gasteiger partial charge in [0.1, 0.15) is 5.82 Å². The van der Waals surface area contributed by atoms with Crippen LogP contribution in [0.2, 0.25) is 5.02 Å². The third kappa shape index (κ3) is 4.89. The molecule has 3 aromatic rings. The molecular formula is C19H16ClFN4O4S. The molecule has 0 bridgehead atoms. The van der Waals surface area contributed by atoms with Crippen molar-refractivity contribution in [1.29, 1.82) is 0 Å². The molecule has 11 heteroatoms. The number of carbonyl (C=O) groups is 1. The number of hydrogen-bond donors (Lipinski definition) is 1. The first-order valence-electron chi connectivity index (χ1n) is 8.60. The van der Waals surface area contributed by atoms with E-state index < -0.39 is 21.6 Å². The van der Waals surface area contributed by atoms with Gasteiger partial charge in [-0.05, 0) is 31.2 Å². The van der Waals surface area contributed by atoms with E-state index in [9.17, 15) is 17.6 Å². The Labute approximate surface area is 177 Å². The van der Waals surface area contributed by atoms with E-state index in [1.54, 1.807) is 6.92 Å². The van der Waals surface area contributed by atoms with Crippen molar-refractivity contribution in [2.45, 2.75) is 11.9 Å². The van der Waals surface area contributed by atoms with Crippen LogP contribution < -0.4 is 5.32 Å². The Morgan fingerprint density at radius 1 is 1.23 bits per heavy atom. The van der Waals surface area contributed by atoms with Crippen molar-refractivity contribution < 1.29 is 22.3 Å². The third-order valence-electron chi connectivity index (χ3n) is 3.84. The summed E-state index contributed by atoms with van der Waals surface area (Å²) in [6, 6.07) is 5.33. The Balaban J connectivity index is 2.03. The minimum atomic E-state index is -3.78. The predicted molar refractivity (Wildman–Crippen MR) is 109 cm³/mol. The van der Waals surface area contributed by atoms with Gasteiger partial charge in [0.15, 0.2) is 14.9 Å². The number of nitrogens with zero attached hydrogens (tertiary/aromatic N) is 3. The van der Waals surface area contributed by atoms with E-state index in [-0.39, 0.29) is 33.7 Å². The van der Waals surface area contributed by atoms with Crippen LogP contribution in [0.25, 0.3) is 11.1 Å². The average molecular weight is 451 g/mol. The van der Waals surface area contributed by atoms with Crippen LogP contribution in [0.1, 0.15) is 17.3 Å². The largest absolute Gasteiger partial charge is 0.462 e. The number of sulfone groups is 1. The highest BCUT2D eigenvalue weighted by Crippen LogP contribution is 2.28. The number of ether oxygens (including phenoxy) is 1. The first-order valence-corrected chi connectivity index (χ1v) is 10.9. The van der Waals surface area contributed by atoms with Gasteiger partial charge in [0.25, 0.3) is 0 Å². The van der Waals surface area contributed by atoms with Crippen molar-refractivity contribution in [3.05, 3.63) is 59.3 Å². The summed E-state index contributed by atoms with van der Waals surface area (Å²) >= 11 is 5.76. The van der Waals surface area contributed by atoms with Crippen LogP contribution in [0, 0.1) is 5.82 Å². The summed E-state index contributed by atoms with van der Waals surface area (Å²) in [7, 11) is -3.78. The molecule has 0 atom stereocenters. The Morgan fingerprint density at radius 2 is 2.00 bits per heavy atom. The number of rotatable bonds is 6. The zero-order valence-corrected chi connectivity index (χ0v) is 17.5. The second kappa shape index (κ2) is 8.72. The molecule has 0 aliphatic rings. The minimum Gasteiger partial charge on any atom is -0.462 e. The summed E-state index contributed by atoms with van der Waals surface area (Å²) in [6.45, 7) is 1.86. The molecule has 0 aliphatic heterocycles. The summed E-state index contributed by atoms with van der Waals surface area (Å²) in [4.78, 5) is 24.1. The quantitative estimate of drug-likeness (QED) is 0.447. The van der Waals surface area contributed by atoms with Crippen molar-refractivity contribution >= 4 is 39.0 Å². The highest BCUT2D eigenvalue weighted by atomic mass is 35.5. The van der Waals surface area contributed by atoms with E-state index in [2.05, 4.69) is 20.3 Å². The van der Waals surface area contributed by atoms with Crippen LogP contribution >= 0.6 is 11.6 Å². The number of aromatic nitrogens is 3. The Hall–Kier alpha value is -3.11. The molecule has 0 spiro atoms. The summed E-state index contributed by atoms with van der Waals surface area (Å²) in [5.74, 6) is -1.21. The van der Waals surface area contributed by atoms with Gasteiger partial charge in [0.2, 0.25) is 5.95 Å². The van der Waals surface area contributed by atoms with E-state index in [1.165, 1.54) is 36.8 Å². The standard InChI is InChI=1S/C19H16ClFN4O4S/c1-3-29-18(26)12-6-11(8-22-9-12)14-10-23-19(25-17(14)30(2,27)28)24-13-4-5-16(21)15(20)7-13/h4-10H,3H2,1-2H3,(H,23,24,25). The molecule has 0 fully saturated rings. The SMILES string of the molecule is CCOC(=O)c1cncc(-c2cnc(Nc3ccc(F)c(Cl)c3)nc2S(C)(=O)=O)c1. The molecule has 0 aliphatic carbocycles. The van der Waals surface area contributed by atoms with Crippen molar-refractivity contribution in [2.75, 3.05) is 18.2 Å². The predicted octanol–water partition coefficient (Wildman–Crippen LogP) is 3.65. The van der Waals surface area contributed by atoms with E-state index in [0.29, 0.717) is 11.3 Å². The lowest BCUT2D eigenvalue weighted by Crippen LogP contribution is -2.09. The van der Waals surface area contributed by atoms with Gasteiger partial charge in [0.05, 0.1) is 17.2 Å². The van der Waals surface area contributed by atoms with Gasteiger partial charge in [-0.15, -0.1) is 0 Å². The number of carbonyl (C=O) groups excluding carboxylic acids is 1. The van der Waals surface area contributed by atoms with Gasteiger partial charge >= 0.3 is 5.97 Å². The zero-order chi connectivity index (χ0) is 21.9. The monoisotopic (exact) mass is 450 g/mol. The Kier molecular flexibility index (Phi) is 6.28. The van der Waals surface area contributed by atoms with Gasteiger partial charge in [0, 0.05) is 41.7 Å². The number of pyridine rings is 1. The lowest BCUT2D eigenvalue weighted by Gasteiger charge is -2.11. The fraction of sp³-hybridized carbons (Fsp3) is 0.158. The highest BCUT2D eigenvalue weighted by molar-refractivity contribution is 7.90. The molecule has 1 N–H and O–H groups in total. The van der Waals surface area contributed by atoms with Crippen LogP contribution in [0.5, 0.6) is 0 Å². The molecule has 2 heterocycles. The average Bonchev–Trinajstić information content (AvgIpc) is 2.70. The number of esters is 1. The summed E-state index contributed by atoms with van der Waals surface area (Å²) in [5, 5.41) is 2.40. The van der Waals surface area contributed by atoms with Gasteiger partial charge in [-0.2, -0.15) is 0 Å². The number of nitrogens with one attached hydrogen (secondary N) is 1. The molecule has 1 aromatic carbocycles.